The van der Waals surface area contributed by atoms with E-state index in [0.717, 1.165) is 34.8 Å². The van der Waals surface area contributed by atoms with Gasteiger partial charge in [0.25, 0.3) is 0 Å². The largest absolute Gasteiger partial charge is 0.361 e. The lowest BCUT2D eigenvalue weighted by Gasteiger charge is -2.36. The van der Waals surface area contributed by atoms with Crippen molar-refractivity contribution in [2.24, 2.45) is 4.99 Å². The van der Waals surface area contributed by atoms with Gasteiger partial charge in [-0.1, -0.05) is 68.8 Å². The minimum atomic E-state index is -0.212. The molecule has 1 heterocycles. The first-order valence-corrected chi connectivity index (χ1v) is 12.0. The fourth-order valence-electron chi connectivity index (χ4n) is 4.25. The molecule has 30 heavy (non-hydrogen) atoms. The number of aliphatic imine (C=N–C) groups is 1. The minimum absolute atomic E-state index is 0.00549. The van der Waals surface area contributed by atoms with Gasteiger partial charge in [0.15, 0.2) is 0 Å². The molecule has 5 heteroatoms. The summed E-state index contributed by atoms with van der Waals surface area (Å²) >= 11 is 1.55. The van der Waals surface area contributed by atoms with Crippen LogP contribution in [0, 0.1) is 0 Å². The van der Waals surface area contributed by atoms with E-state index in [1.54, 1.807) is 11.8 Å². The van der Waals surface area contributed by atoms with Gasteiger partial charge >= 0.3 is 0 Å². The maximum absolute atomic E-state index is 12.6. The van der Waals surface area contributed by atoms with Crippen LogP contribution in [-0.2, 0) is 4.79 Å². The van der Waals surface area contributed by atoms with Gasteiger partial charge in [0.05, 0.1) is 5.75 Å². The summed E-state index contributed by atoms with van der Waals surface area (Å²) in [6.45, 7) is 4.34. The SMILES string of the molecule is CC(C)c1ccc(NC(=O)CSC2=NC3(CCCCCC3)Nc3ccccc32)cc1. The number of hydrogen-bond donors (Lipinski definition) is 2. The van der Waals surface area contributed by atoms with E-state index in [0.29, 0.717) is 11.7 Å². The smallest absolute Gasteiger partial charge is 0.234 e. The molecule has 0 radical (unpaired) electrons. The molecule has 4 rings (SSSR count). The number of thioether (sulfide) groups is 1. The summed E-state index contributed by atoms with van der Waals surface area (Å²) in [7, 11) is 0. The molecule has 4 nitrogen and oxygen atoms in total. The van der Waals surface area contributed by atoms with Crippen molar-refractivity contribution < 1.29 is 4.79 Å². The maximum atomic E-state index is 12.6. The number of rotatable bonds is 4. The van der Waals surface area contributed by atoms with Gasteiger partial charge in [0, 0.05) is 16.9 Å². The molecule has 2 aliphatic rings. The van der Waals surface area contributed by atoms with Crippen molar-refractivity contribution in [3.05, 3.63) is 59.7 Å². The van der Waals surface area contributed by atoms with Crippen molar-refractivity contribution in [2.75, 3.05) is 16.4 Å². The molecule has 1 amide bonds. The Kier molecular flexibility index (Phi) is 6.47. The number of benzene rings is 2. The lowest BCUT2D eigenvalue weighted by molar-refractivity contribution is -0.113. The number of nitrogens with zero attached hydrogens (tertiary/aromatic N) is 1. The van der Waals surface area contributed by atoms with Crippen molar-refractivity contribution in [3.63, 3.8) is 0 Å². The quantitative estimate of drug-likeness (QED) is 0.600. The van der Waals surface area contributed by atoms with Crippen LogP contribution >= 0.6 is 11.8 Å². The van der Waals surface area contributed by atoms with Crippen LogP contribution in [0.2, 0.25) is 0 Å². The molecule has 0 saturated heterocycles. The van der Waals surface area contributed by atoms with Crippen LogP contribution in [0.4, 0.5) is 11.4 Å². The zero-order chi connectivity index (χ0) is 21.0. The number of para-hydroxylation sites is 1. The van der Waals surface area contributed by atoms with E-state index in [-0.39, 0.29) is 11.6 Å². The highest BCUT2D eigenvalue weighted by Crippen LogP contribution is 2.39. The molecule has 0 aromatic heterocycles. The number of carbonyl (C=O) groups is 1. The second-order valence-electron chi connectivity index (χ2n) is 8.65. The highest BCUT2D eigenvalue weighted by atomic mass is 32.2. The molecule has 1 aliphatic heterocycles. The Bertz CT molecular complexity index is 912. The molecule has 0 unspecified atom stereocenters. The van der Waals surface area contributed by atoms with Crippen molar-refractivity contribution >= 4 is 34.1 Å². The average Bonchev–Trinajstić information content (AvgIpc) is 2.97. The van der Waals surface area contributed by atoms with Crippen molar-refractivity contribution in [2.45, 2.75) is 64.0 Å². The Labute approximate surface area is 184 Å². The van der Waals surface area contributed by atoms with Gasteiger partial charge in [0.2, 0.25) is 5.91 Å². The number of nitrogens with one attached hydrogen (secondary N) is 2. The van der Waals surface area contributed by atoms with Gasteiger partial charge in [-0.3, -0.25) is 4.79 Å². The molecule has 1 aliphatic carbocycles. The van der Waals surface area contributed by atoms with Crippen LogP contribution in [0.5, 0.6) is 0 Å². The highest BCUT2D eigenvalue weighted by Gasteiger charge is 2.35. The van der Waals surface area contributed by atoms with Crippen LogP contribution in [0.3, 0.4) is 0 Å². The minimum Gasteiger partial charge on any atom is -0.361 e. The zero-order valence-corrected chi connectivity index (χ0v) is 18.7. The van der Waals surface area contributed by atoms with Crippen molar-refractivity contribution in [3.8, 4) is 0 Å². The number of anilines is 2. The number of hydrogen-bond acceptors (Lipinski definition) is 4. The molecule has 2 aromatic carbocycles. The lowest BCUT2D eigenvalue weighted by Crippen LogP contribution is -2.40. The van der Waals surface area contributed by atoms with Crippen LogP contribution in [-0.4, -0.2) is 22.4 Å². The van der Waals surface area contributed by atoms with Crippen molar-refractivity contribution in [1.29, 1.82) is 0 Å². The standard InChI is InChI=1S/C25H31N3OS/c1-18(2)19-11-13-20(14-12-19)26-23(29)17-30-24-21-9-5-6-10-22(21)27-25(28-24)15-7-3-4-8-16-25/h5-6,9-14,18,27H,3-4,7-8,15-17H2,1-2H3,(H,26,29). The molecular weight excluding hydrogens is 390 g/mol. The fourth-order valence-corrected chi connectivity index (χ4v) is 5.17. The molecular formula is C25H31N3OS. The van der Waals surface area contributed by atoms with Crippen molar-refractivity contribution in [1.82, 2.24) is 0 Å². The Hall–Kier alpha value is -2.27. The first kappa shape index (κ1) is 21.0. The predicted molar refractivity (Wildman–Crippen MR) is 129 cm³/mol. The number of carbonyl (C=O) groups excluding carboxylic acids is 1. The summed E-state index contributed by atoms with van der Waals surface area (Å²) in [6, 6.07) is 16.5. The first-order valence-electron chi connectivity index (χ1n) is 11.0. The second-order valence-corrected chi connectivity index (χ2v) is 9.61. The third kappa shape index (κ3) is 4.89. The Morgan fingerprint density at radius 2 is 1.77 bits per heavy atom. The second kappa shape index (κ2) is 9.25. The molecule has 1 spiro atoms. The molecule has 0 bridgehead atoms. The van der Waals surface area contributed by atoms with E-state index in [9.17, 15) is 4.79 Å². The van der Waals surface area contributed by atoms with Gasteiger partial charge in [-0.05, 0) is 55.4 Å². The zero-order valence-electron chi connectivity index (χ0n) is 17.9. The van der Waals surface area contributed by atoms with Gasteiger partial charge in [-0.2, -0.15) is 0 Å². The maximum Gasteiger partial charge on any atom is 0.234 e. The number of amides is 1. The Morgan fingerprint density at radius 3 is 2.47 bits per heavy atom. The molecule has 1 fully saturated rings. The summed E-state index contributed by atoms with van der Waals surface area (Å²) in [5.74, 6) is 0.848. The Morgan fingerprint density at radius 1 is 1.07 bits per heavy atom. The molecule has 2 N–H and O–H groups in total. The summed E-state index contributed by atoms with van der Waals surface area (Å²) in [4.78, 5) is 17.8. The van der Waals surface area contributed by atoms with Gasteiger partial charge in [-0.25, -0.2) is 4.99 Å². The van der Waals surface area contributed by atoms with Crippen LogP contribution in [0.15, 0.2) is 53.5 Å². The molecule has 0 atom stereocenters. The third-order valence-electron chi connectivity index (χ3n) is 5.97. The van der Waals surface area contributed by atoms with Crippen LogP contribution in [0.1, 0.15) is 69.4 Å². The lowest BCUT2D eigenvalue weighted by atomic mass is 9.97. The van der Waals surface area contributed by atoms with Gasteiger partial charge < -0.3 is 10.6 Å². The van der Waals surface area contributed by atoms with Gasteiger partial charge in [-0.15, -0.1) is 0 Å². The van der Waals surface area contributed by atoms with E-state index >= 15 is 0 Å². The molecule has 2 aromatic rings. The monoisotopic (exact) mass is 421 g/mol. The summed E-state index contributed by atoms with van der Waals surface area (Å²) in [5.41, 5.74) is 4.15. The average molecular weight is 422 g/mol. The summed E-state index contributed by atoms with van der Waals surface area (Å²) in [5, 5.41) is 7.73. The van der Waals surface area contributed by atoms with E-state index in [4.69, 9.17) is 4.99 Å². The fraction of sp³-hybridized carbons (Fsp3) is 0.440. The Balaban J connectivity index is 1.46. The highest BCUT2D eigenvalue weighted by molar-refractivity contribution is 8.15. The molecule has 158 valence electrons. The van der Waals surface area contributed by atoms with E-state index in [1.165, 1.54) is 31.2 Å². The third-order valence-corrected chi connectivity index (χ3v) is 6.96. The summed E-state index contributed by atoms with van der Waals surface area (Å²) < 4.78 is 0. The van der Waals surface area contributed by atoms with Crippen LogP contribution < -0.4 is 10.6 Å². The predicted octanol–water partition coefficient (Wildman–Crippen LogP) is 6.40. The normalized spacial score (nSPS) is 17.6. The first-order chi connectivity index (χ1) is 14.5. The van der Waals surface area contributed by atoms with Gasteiger partial charge in [0.1, 0.15) is 10.7 Å². The van der Waals surface area contributed by atoms with E-state index in [1.807, 2.05) is 18.2 Å². The van der Waals surface area contributed by atoms with E-state index in [2.05, 4.69) is 54.8 Å². The topological polar surface area (TPSA) is 53.5 Å². The van der Waals surface area contributed by atoms with E-state index < -0.39 is 0 Å². The number of fused-ring (bicyclic) bond motifs is 1. The summed E-state index contributed by atoms with van der Waals surface area (Å²) in [6.07, 6.45) is 7.06. The molecule has 1 saturated carbocycles. The van der Waals surface area contributed by atoms with Crippen LogP contribution in [0.25, 0.3) is 0 Å².